The molecule has 2 heterocycles. The number of nitrogens with zero attached hydrogens (tertiary/aromatic N) is 3. The molecule has 0 bridgehead atoms. The second kappa shape index (κ2) is 15.4. The number of hydrogen-bond donors (Lipinski definition) is 2. The SMILES string of the molecule is O=C(CCOCCOCCOCCOCCNC(=O)c1cc([N+](=O)[O-])[nH]n1)ON1C(=O)CCC1=O. The van der Waals surface area contributed by atoms with E-state index in [0.717, 1.165) is 6.07 Å². The minimum absolute atomic E-state index is 0.0426. The van der Waals surface area contributed by atoms with Crippen LogP contribution in [0.5, 0.6) is 0 Å². The number of rotatable bonds is 18. The lowest BCUT2D eigenvalue weighted by atomic mass is 10.4. The van der Waals surface area contributed by atoms with Gasteiger partial charge in [0.25, 0.3) is 17.7 Å². The van der Waals surface area contributed by atoms with E-state index < -0.39 is 28.6 Å². The van der Waals surface area contributed by atoms with Crippen LogP contribution >= 0.6 is 0 Å². The fraction of sp³-hybridized carbons (Fsp3) is 0.632. The van der Waals surface area contributed by atoms with E-state index in [9.17, 15) is 29.3 Å². The van der Waals surface area contributed by atoms with Crippen molar-refractivity contribution in [2.45, 2.75) is 19.3 Å². The number of aromatic amines is 1. The number of nitro groups is 1. The lowest BCUT2D eigenvalue weighted by molar-refractivity contribution is -0.389. The molecule has 0 saturated carbocycles. The van der Waals surface area contributed by atoms with Gasteiger partial charge in [0.2, 0.25) is 0 Å². The Morgan fingerprint density at radius 3 is 2.06 bits per heavy atom. The van der Waals surface area contributed by atoms with Crippen LogP contribution in [0.1, 0.15) is 29.8 Å². The Balaban J connectivity index is 1.32. The molecule has 0 unspecified atom stereocenters. The minimum Gasteiger partial charge on any atom is -0.378 e. The molecule has 0 aliphatic carbocycles. The van der Waals surface area contributed by atoms with Crippen molar-refractivity contribution in [3.05, 3.63) is 21.9 Å². The van der Waals surface area contributed by atoms with Crippen LogP contribution < -0.4 is 5.32 Å². The number of hydroxylamine groups is 2. The van der Waals surface area contributed by atoms with E-state index >= 15 is 0 Å². The average Bonchev–Trinajstić information content (AvgIpc) is 3.45. The summed E-state index contributed by atoms with van der Waals surface area (Å²) >= 11 is 0. The summed E-state index contributed by atoms with van der Waals surface area (Å²) in [5.41, 5.74) is -0.0826. The summed E-state index contributed by atoms with van der Waals surface area (Å²) in [6.45, 7) is 2.32. The van der Waals surface area contributed by atoms with Gasteiger partial charge < -0.3 is 39.2 Å². The molecular formula is C19H27N5O11. The maximum absolute atomic E-state index is 11.8. The molecule has 0 radical (unpaired) electrons. The molecule has 2 N–H and O–H groups in total. The molecule has 0 atom stereocenters. The monoisotopic (exact) mass is 501 g/mol. The molecule has 2 rings (SSSR count). The maximum atomic E-state index is 11.8. The van der Waals surface area contributed by atoms with Crippen molar-refractivity contribution in [2.24, 2.45) is 0 Å². The number of imide groups is 1. The number of carbonyl (C=O) groups is 4. The first-order valence-electron chi connectivity index (χ1n) is 10.7. The van der Waals surface area contributed by atoms with E-state index in [4.69, 9.17) is 23.8 Å². The molecular weight excluding hydrogens is 474 g/mol. The maximum Gasteiger partial charge on any atom is 0.343 e. The zero-order chi connectivity index (χ0) is 25.5. The van der Waals surface area contributed by atoms with Gasteiger partial charge in [-0.3, -0.25) is 14.4 Å². The Labute approximate surface area is 199 Å². The molecule has 35 heavy (non-hydrogen) atoms. The lowest BCUT2D eigenvalue weighted by Crippen LogP contribution is -2.32. The first-order chi connectivity index (χ1) is 16.9. The van der Waals surface area contributed by atoms with Gasteiger partial charge in [0.15, 0.2) is 5.69 Å². The van der Waals surface area contributed by atoms with Gasteiger partial charge in [-0.1, -0.05) is 5.10 Å². The van der Waals surface area contributed by atoms with E-state index in [0.29, 0.717) is 31.5 Å². The summed E-state index contributed by atoms with van der Waals surface area (Å²) in [6.07, 6.45) is -0.0166. The van der Waals surface area contributed by atoms with Crippen molar-refractivity contribution in [3.8, 4) is 0 Å². The summed E-state index contributed by atoms with van der Waals surface area (Å²) in [5.74, 6) is -2.70. The van der Waals surface area contributed by atoms with Crippen molar-refractivity contribution in [2.75, 3.05) is 59.4 Å². The largest absolute Gasteiger partial charge is 0.378 e. The number of carbonyl (C=O) groups excluding carboxylic acids is 4. The van der Waals surface area contributed by atoms with Crippen molar-refractivity contribution in [1.82, 2.24) is 20.6 Å². The minimum atomic E-state index is -0.725. The van der Waals surface area contributed by atoms with Crippen molar-refractivity contribution >= 4 is 29.5 Å². The number of hydrogen-bond acceptors (Lipinski definition) is 12. The fourth-order valence-electron chi connectivity index (χ4n) is 2.57. The molecule has 1 aromatic heterocycles. The Morgan fingerprint density at radius 2 is 1.51 bits per heavy atom. The molecule has 1 fully saturated rings. The van der Waals surface area contributed by atoms with Gasteiger partial charge in [0.1, 0.15) is 0 Å². The highest BCUT2D eigenvalue weighted by Crippen LogP contribution is 2.12. The number of aromatic nitrogens is 2. The number of nitrogens with one attached hydrogen (secondary N) is 2. The molecule has 1 aliphatic heterocycles. The van der Waals surface area contributed by atoms with Crippen LogP contribution in [0.2, 0.25) is 0 Å². The quantitative estimate of drug-likeness (QED) is 0.109. The second-order valence-corrected chi connectivity index (χ2v) is 6.90. The number of amides is 3. The normalized spacial score (nSPS) is 13.3. The smallest absolute Gasteiger partial charge is 0.343 e. The highest BCUT2D eigenvalue weighted by Gasteiger charge is 2.32. The van der Waals surface area contributed by atoms with E-state index in [1.165, 1.54) is 0 Å². The van der Waals surface area contributed by atoms with Gasteiger partial charge in [-0.25, -0.2) is 4.79 Å². The van der Waals surface area contributed by atoms with Crippen molar-refractivity contribution in [1.29, 1.82) is 0 Å². The zero-order valence-electron chi connectivity index (χ0n) is 18.9. The van der Waals surface area contributed by atoms with E-state index in [-0.39, 0.29) is 63.7 Å². The Hall–Kier alpha value is -3.47. The van der Waals surface area contributed by atoms with E-state index in [1.54, 1.807) is 0 Å². The summed E-state index contributed by atoms with van der Waals surface area (Å²) in [4.78, 5) is 60.6. The molecule has 1 aliphatic rings. The molecule has 0 aromatic carbocycles. The zero-order valence-corrected chi connectivity index (χ0v) is 18.9. The van der Waals surface area contributed by atoms with Crippen molar-refractivity contribution < 1.29 is 47.9 Å². The van der Waals surface area contributed by atoms with Crippen LogP contribution in [0.3, 0.4) is 0 Å². The highest BCUT2D eigenvalue weighted by atomic mass is 16.7. The highest BCUT2D eigenvalue weighted by molar-refractivity contribution is 6.01. The van der Waals surface area contributed by atoms with Gasteiger partial charge in [-0.15, -0.1) is 10.2 Å². The summed E-state index contributed by atoms with van der Waals surface area (Å²) in [6, 6.07) is 1.04. The average molecular weight is 501 g/mol. The first-order valence-corrected chi connectivity index (χ1v) is 10.7. The molecule has 1 saturated heterocycles. The second-order valence-electron chi connectivity index (χ2n) is 6.90. The Bertz CT molecular complexity index is 859. The number of H-pyrrole nitrogens is 1. The lowest BCUT2D eigenvalue weighted by Gasteiger charge is -2.12. The molecule has 1 aromatic rings. The summed E-state index contributed by atoms with van der Waals surface area (Å²) in [7, 11) is 0. The Morgan fingerprint density at radius 1 is 0.971 bits per heavy atom. The van der Waals surface area contributed by atoms with Crippen molar-refractivity contribution in [3.63, 3.8) is 0 Å². The third-order valence-corrected chi connectivity index (χ3v) is 4.29. The van der Waals surface area contributed by atoms with E-state index in [1.807, 2.05) is 0 Å². The number of ether oxygens (including phenoxy) is 4. The molecule has 16 heteroatoms. The van der Waals surface area contributed by atoms with Crippen LogP contribution in [-0.2, 0) is 38.2 Å². The van der Waals surface area contributed by atoms with Gasteiger partial charge in [-0.2, -0.15) is 0 Å². The van der Waals surface area contributed by atoms with Gasteiger partial charge in [0.05, 0.1) is 65.3 Å². The van der Waals surface area contributed by atoms with Crippen LogP contribution in [0, 0.1) is 10.1 Å². The van der Waals surface area contributed by atoms with Gasteiger partial charge in [0, 0.05) is 19.4 Å². The fourth-order valence-corrected chi connectivity index (χ4v) is 2.57. The molecule has 16 nitrogen and oxygen atoms in total. The standard InChI is InChI=1S/C19H27N5O11/c25-16-1-2-17(26)23(16)35-18(27)3-5-31-7-9-33-11-12-34-10-8-32-6-4-20-19(28)14-13-15(22-21-14)24(29)30/h13H,1-12H2,(H,20,28)(H,21,22). The van der Waals surface area contributed by atoms with Crippen LogP contribution in [0.15, 0.2) is 6.07 Å². The van der Waals surface area contributed by atoms with Crippen LogP contribution in [0.25, 0.3) is 0 Å². The topological polar surface area (TPSA) is 202 Å². The summed E-state index contributed by atoms with van der Waals surface area (Å²) in [5, 5.41) is 19.2. The predicted molar refractivity (Wildman–Crippen MR) is 113 cm³/mol. The van der Waals surface area contributed by atoms with Gasteiger partial charge in [-0.05, 0) is 4.92 Å². The van der Waals surface area contributed by atoms with Crippen LogP contribution in [0.4, 0.5) is 5.82 Å². The van der Waals surface area contributed by atoms with Gasteiger partial charge >= 0.3 is 11.8 Å². The van der Waals surface area contributed by atoms with Crippen LogP contribution in [-0.4, -0.2) is 103 Å². The Kier molecular flexibility index (Phi) is 12.2. The van der Waals surface area contributed by atoms with E-state index in [2.05, 4.69) is 15.5 Å². The summed E-state index contributed by atoms with van der Waals surface area (Å²) < 4.78 is 21.1. The molecule has 194 valence electrons. The first kappa shape index (κ1) is 27.8. The third kappa shape index (κ3) is 10.6. The molecule has 0 spiro atoms. The predicted octanol–water partition coefficient (Wildman–Crippen LogP) is -0.889. The third-order valence-electron chi connectivity index (χ3n) is 4.29. The molecule has 3 amide bonds.